The van der Waals surface area contributed by atoms with E-state index in [0.717, 1.165) is 19.3 Å². The van der Waals surface area contributed by atoms with Gasteiger partial charge in [-0.1, -0.05) is 37.3 Å². The number of aromatic nitrogens is 1. The molecule has 0 spiro atoms. The average Bonchev–Trinajstić information content (AvgIpc) is 2.95. The van der Waals surface area contributed by atoms with Gasteiger partial charge in [-0.25, -0.2) is 4.98 Å². The van der Waals surface area contributed by atoms with Gasteiger partial charge in [0.25, 0.3) is 0 Å². The van der Waals surface area contributed by atoms with E-state index >= 15 is 0 Å². The van der Waals surface area contributed by atoms with Gasteiger partial charge in [0, 0.05) is 17.1 Å². The summed E-state index contributed by atoms with van der Waals surface area (Å²) >= 11 is 1.82. The van der Waals surface area contributed by atoms with Crippen molar-refractivity contribution in [3.05, 3.63) is 52.0 Å². The second kappa shape index (κ2) is 7.55. The van der Waals surface area contributed by atoms with E-state index in [1.54, 1.807) is 0 Å². The van der Waals surface area contributed by atoms with Gasteiger partial charge in [-0.3, -0.25) is 0 Å². The second-order valence-corrected chi connectivity index (χ2v) is 6.48. The van der Waals surface area contributed by atoms with E-state index in [1.807, 2.05) is 17.5 Å². The van der Waals surface area contributed by atoms with Crippen LogP contribution in [-0.4, -0.2) is 11.0 Å². The summed E-state index contributed by atoms with van der Waals surface area (Å²) in [5.41, 5.74) is 1.41. The Labute approximate surface area is 126 Å². The molecule has 0 amide bonds. The molecule has 2 aromatic rings. The van der Waals surface area contributed by atoms with Gasteiger partial charge in [0.05, 0.1) is 6.04 Å². The Bertz CT molecular complexity index is 507. The minimum atomic E-state index is 0.339. The largest absolute Gasteiger partial charge is 0.306 e. The van der Waals surface area contributed by atoms with E-state index in [-0.39, 0.29) is 0 Å². The normalized spacial score (nSPS) is 14.2. The van der Waals surface area contributed by atoms with Gasteiger partial charge >= 0.3 is 0 Å². The molecule has 2 unspecified atom stereocenters. The quantitative estimate of drug-likeness (QED) is 0.818. The van der Waals surface area contributed by atoms with Gasteiger partial charge in [-0.05, 0) is 38.7 Å². The summed E-state index contributed by atoms with van der Waals surface area (Å²) in [5, 5.41) is 4.85. The number of benzene rings is 1. The molecule has 1 heterocycles. The molecular weight excluding hydrogens is 264 g/mol. The van der Waals surface area contributed by atoms with Gasteiger partial charge in [0.1, 0.15) is 5.01 Å². The molecule has 0 fully saturated rings. The Balaban J connectivity index is 1.80. The van der Waals surface area contributed by atoms with Crippen LogP contribution < -0.4 is 5.32 Å². The molecule has 0 bridgehead atoms. The maximum atomic E-state index is 4.51. The molecule has 1 aromatic heterocycles. The molecule has 1 aromatic carbocycles. The highest BCUT2D eigenvalue weighted by Crippen LogP contribution is 2.21. The van der Waals surface area contributed by atoms with Crippen LogP contribution in [0, 0.1) is 0 Å². The van der Waals surface area contributed by atoms with E-state index in [9.17, 15) is 0 Å². The molecule has 3 heteroatoms. The highest BCUT2D eigenvalue weighted by atomic mass is 32.1. The Morgan fingerprint density at radius 1 is 1.20 bits per heavy atom. The van der Waals surface area contributed by atoms with E-state index in [2.05, 4.69) is 61.4 Å². The van der Waals surface area contributed by atoms with Crippen LogP contribution in [-0.2, 0) is 12.8 Å². The predicted molar refractivity (Wildman–Crippen MR) is 87.3 cm³/mol. The van der Waals surface area contributed by atoms with E-state index < -0.39 is 0 Å². The number of hydrogen-bond acceptors (Lipinski definition) is 3. The molecule has 2 nitrogen and oxygen atoms in total. The van der Waals surface area contributed by atoms with Crippen molar-refractivity contribution in [2.24, 2.45) is 0 Å². The summed E-state index contributed by atoms with van der Waals surface area (Å²) in [4.78, 5) is 5.88. The van der Waals surface area contributed by atoms with E-state index in [1.165, 1.54) is 15.4 Å². The van der Waals surface area contributed by atoms with Crippen molar-refractivity contribution in [3.63, 3.8) is 0 Å². The lowest BCUT2D eigenvalue weighted by molar-refractivity contribution is 0.455. The van der Waals surface area contributed by atoms with Gasteiger partial charge in [-0.15, -0.1) is 11.3 Å². The van der Waals surface area contributed by atoms with Crippen LogP contribution in [0.5, 0.6) is 0 Å². The molecule has 0 aliphatic rings. The van der Waals surface area contributed by atoms with Crippen molar-refractivity contribution in [1.82, 2.24) is 10.3 Å². The van der Waals surface area contributed by atoms with E-state index in [4.69, 9.17) is 0 Å². The van der Waals surface area contributed by atoms with E-state index in [0.29, 0.717) is 12.1 Å². The summed E-state index contributed by atoms with van der Waals surface area (Å²) < 4.78 is 0. The first kappa shape index (κ1) is 15.2. The third-order valence-electron chi connectivity index (χ3n) is 3.53. The average molecular weight is 288 g/mol. The molecular formula is C17H24N2S. The zero-order chi connectivity index (χ0) is 14.4. The Kier molecular flexibility index (Phi) is 5.74. The fourth-order valence-electron chi connectivity index (χ4n) is 2.30. The second-order valence-electron chi connectivity index (χ2n) is 5.33. The standard InChI is InChI=1S/C17H24N2S/c1-4-16-12-18-17(20-16)14(3)19-13(2)10-11-15-8-6-5-7-9-15/h5-9,12-14,19H,4,10-11H2,1-3H3. The van der Waals surface area contributed by atoms with Gasteiger partial charge in [-0.2, -0.15) is 0 Å². The first-order valence-electron chi connectivity index (χ1n) is 7.43. The van der Waals surface area contributed by atoms with Gasteiger partial charge in [0.2, 0.25) is 0 Å². The molecule has 0 saturated carbocycles. The fourth-order valence-corrected chi connectivity index (χ4v) is 3.16. The van der Waals surface area contributed by atoms with Gasteiger partial charge in [0.15, 0.2) is 0 Å². The van der Waals surface area contributed by atoms with Crippen LogP contribution in [0.1, 0.15) is 48.7 Å². The summed E-state index contributed by atoms with van der Waals surface area (Å²) in [6, 6.07) is 11.5. The molecule has 1 N–H and O–H groups in total. The highest BCUT2D eigenvalue weighted by molar-refractivity contribution is 7.11. The maximum absolute atomic E-state index is 4.51. The number of nitrogens with zero attached hydrogens (tertiary/aromatic N) is 1. The molecule has 0 radical (unpaired) electrons. The lowest BCUT2D eigenvalue weighted by Crippen LogP contribution is -2.29. The van der Waals surface area contributed by atoms with Crippen LogP contribution in [0.4, 0.5) is 0 Å². The molecule has 0 aliphatic heterocycles. The molecule has 20 heavy (non-hydrogen) atoms. The zero-order valence-electron chi connectivity index (χ0n) is 12.6. The van der Waals surface area contributed by atoms with Crippen molar-refractivity contribution >= 4 is 11.3 Å². The summed E-state index contributed by atoms with van der Waals surface area (Å²) in [7, 11) is 0. The van der Waals surface area contributed by atoms with Crippen molar-refractivity contribution < 1.29 is 0 Å². The lowest BCUT2D eigenvalue weighted by atomic mass is 10.1. The Morgan fingerprint density at radius 3 is 2.60 bits per heavy atom. The monoisotopic (exact) mass is 288 g/mol. The highest BCUT2D eigenvalue weighted by Gasteiger charge is 2.12. The topological polar surface area (TPSA) is 24.9 Å². The molecule has 0 saturated heterocycles. The summed E-state index contributed by atoms with van der Waals surface area (Å²) in [5.74, 6) is 0. The SMILES string of the molecule is CCc1cnc(C(C)NC(C)CCc2ccccc2)s1. The van der Waals surface area contributed by atoms with Crippen molar-refractivity contribution in [1.29, 1.82) is 0 Å². The molecule has 2 rings (SSSR count). The number of thiazole rings is 1. The number of rotatable bonds is 7. The zero-order valence-corrected chi connectivity index (χ0v) is 13.4. The summed E-state index contributed by atoms with van der Waals surface area (Å²) in [6.45, 7) is 6.64. The number of hydrogen-bond donors (Lipinski definition) is 1. The van der Waals surface area contributed by atoms with Crippen LogP contribution in [0.2, 0.25) is 0 Å². The molecule has 0 aliphatic carbocycles. The fraction of sp³-hybridized carbons (Fsp3) is 0.471. The van der Waals surface area contributed by atoms with Crippen LogP contribution >= 0.6 is 11.3 Å². The molecule has 108 valence electrons. The van der Waals surface area contributed by atoms with Crippen molar-refractivity contribution in [3.8, 4) is 0 Å². The molecule has 2 atom stereocenters. The predicted octanol–water partition coefficient (Wildman–Crippen LogP) is 4.38. The minimum absolute atomic E-state index is 0.339. The smallest absolute Gasteiger partial charge is 0.109 e. The Morgan fingerprint density at radius 2 is 1.95 bits per heavy atom. The first-order valence-corrected chi connectivity index (χ1v) is 8.25. The van der Waals surface area contributed by atoms with Crippen LogP contribution in [0.25, 0.3) is 0 Å². The Hall–Kier alpha value is -1.19. The van der Waals surface area contributed by atoms with Crippen molar-refractivity contribution in [2.75, 3.05) is 0 Å². The lowest BCUT2D eigenvalue weighted by Gasteiger charge is -2.18. The van der Waals surface area contributed by atoms with Crippen molar-refractivity contribution in [2.45, 2.75) is 52.1 Å². The minimum Gasteiger partial charge on any atom is -0.306 e. The van der Waals surface area contributed by atoms with Crippen LogP contribution in [0.3, 0.4) is 0 Å². The van der Waals surface area contributed by atoms with Gasteiger partial charge < -0.3 is 5.32 Å². The third-order valence-corrected chi connectivity index (χ3v) is 4.86. The number of aryl methyl sites for hydroxylation is 2. The third kappa shape index (κ3) is 4.43. The maximum Gasteiger partial charge on any atom is 0.109 e. The first-order chi connectivity index (χ1) is 9.69. The summed E-state index contributed by atoms with van der Waals surface area (Å²) in [6.07, 6.45) is 5.36. The van der Waals surface area contributed by atoms with Crippen LogP contribution in [0.15, 0.2) is 36.5 Å². The number of nitrogens with one attached hydrogen (secondary N) is 1.